The van der Waals surface area contributed by atoms with E-state index in [9.17, 15) is 22.8 Å². The van der Waals surface area contributed by atoms with Crippen molar-refractivity contribution in [2.24, 2.45) is 16.5 Å². The van der Waals surface area contributed by atoms with Gasteiger partial charge in [-0.05, 0) is 36.0 Å². The van der Waals surface area contributed by atoms with Crippen molar-refractivity contribution in [2.45, 2.75) is 43.6 Å². The maximum absolute atomic E-state index is 13.7. The standard InChI is InChI=1S/C28H33N7O5S2/c29-28(30)32-12-6-11-22(25(37)26-31-13-14-41-26)33-24(36)17-35-16-21-10-5-4-9-20(21)15-23(27(35)38)34-42(39,40)18-19-7-2-1-3-8-19/h1-5,7-10,13-14,22-23,34H,6,11-12,15-18H2,(H,33,36)(H4,29,30,32)/t22?,23-/m0/s1. The highest BCUT2D eigenvalue weighted by Crippen LogP contribution is 2.21. The Morgan fingerprint density at radius 3 is 2.50 bits per heavy atom. The van der Waals surface area contributed by atoms with Gasteiger partial charge in [-0.1, -0.05) is 54.6 Å². The number of aliphatic imine (C=N–C) groups is 1. The fraction of sp³-hybridized carbons (Fsp3) is 0.321. The summed E-state index contributed by atoms with van der Waals surface area (Å²) in [6.45, 7) is 0.000603. The van der Waals surface area contributed by atoms with Gasteiger partial charge < -0.3 is 21.7 Å². The second-order valence-corrected chi connectivity index (χ2v) is 12.5. The summed E-state index contributed by atoms with van der Waals surface area (Å²) in [4.78, 5) is 49.3. The zero-order chi connectivity index (χ0) is 30.1. The Bertz CT molecular complexity index is 1520. The summed E-state index contributed by atoms with van der Waals surface area (Å²) in [5, 5.41) is 4.65. The second kappa shape index (κ2) is 14.2. The molecule has 1 aliphatic heterocycles. The minimum atomic E-state index is -3.89. The first kappa shape index (κ1) is 30.8. The molecule has 12 nitrogen and oxygen atoms in total. The van der Waals surface area contributed by atoms with Crippen LogP contribution in [0.1, 0.15) is 39.3 Å². The third-order valence-corrected chi connectivity index (χ3v) is 8.75. The van der Waals surface area contributed by atoms with Crippen molar-refractivity contribution in [2.75, 3.05) is 13.1 Å². The summed E-state index contributed by atoms with van der Waals surface area (Å²) in [5.74, 6) is -1.82. The smallest absolute Gasteiger partial charge is 0.241 e. The minimum Gasteiger partial charge on any atom is -0.370 e. The topological polar surface area (TPSA) is 190 Å². The van der Waals surface area contributed by atoms with Gasteiger partial charge in [0.25, 0.3) is 0 Å². The van der Waals surface area contributed by atoms with Gasteiger partial charge >= 0.3 is 0 Å². The number of Topliss-reactive ketones (excluding diaryl/α,β-unsaturated/α-hetero) is 1. The highest BCUT2D eigenvalue weighted by atomic mass is 32.2. The largest absolute Gasteiger partial charge is 0.370 e. The predicted molar refractivity (Wildman–Crippen MR) is 160 cm³/mol. The Labute approximate surface area is 248 Å². The molecule has 2 heterocycles. The molecule has 2 aromatic carbocycles. The van der Waals surface area contributed by atoms with E-state index in [1.54, 1.807) is 35.7 Å². The number of hydrogen-bond donors (Lipinski definition) is 4. The number of nitrogens with zero attached hydrogens (tertiary/aromatic N) is 3. The molecule has 0 radical (unpaired) electrons. The molecule has 0 saturated heterocycles. The van der Waals surface area contributed by atoms with Gasteiger partial charge in [-0.2, -0.15) is 0 Å². The van der Waals surface area contributed by atoms with E-state index in [4.69, 9.17) is 11.5 Å². The highest BCUT2D eigenvalue weighted by Gasteiger charge is 2.34. The molecule has 0 spiro atoms. The van der Waals surface area contributed by atoms with Gasteiger partial charge in [-0.15, -0.1) is 11.3 Å². The molecule has 2 atom stereocenters. The summed E-state index contributed by atoms with van der Waals surface area (Å²) in [6, 6.07) is 14.0. The molecule has 14 heteroatoms. The maximum atomic E-state index is 13.7. The lowest BCUT2D eigenvalue weighted by atomic mass is 10.0. The lowest BCUT2D eigenvalue weighted by Gasteiger charge is -2.25. The van der Waals surface area contributed by atoms with Crippen molar-refractivity contribution in [3.05, 3.63) is 87.9 Å². The first-order valence-electron chi connectivity index (χ1n) is 13.3. The number of carbonyl (C=O) groups excluding carboxylic acids is 3. The monoisotopic (exact) mass is 611 g/mol. The maximum Gasteiger partial charge on any atom is 0.241 e. The van der Waals surface area contributed by atoms with Crippen LogP contribution in [0.25, 0.3) is 0 Å². The van der Waals surface area contributed by atoms with Gasteiger partial charge in [-0.3, -0.25) is 19.4 Å². The van der Waals surface area contributed by atoms with Gasteiger partial charge in [0.05, 0.1) is 18.3 Å². The van der Waals surface area contributed by atoms with Gasteiger partial charge in [0.1, 0.15) is 6.04 Å². The molecule has 42 heavy (non-hydrogen) atoms. The molecule has 1 unspecified atom stereocenters. The second-order valence-electron chi connectivity index (χ2n) is 9.85. The number of thiazole rings is 1. The molecule has 0 fully saturated rings. The number of fused-ring (bicyclic) bond motifs is 1. The SMILES string of the molecule is NC(N)=NCCCC(NC(=O)CN1Cc2ccccc2C[C@H](NS(=O)(=O)Cc2ccccc2)C1=O)C(=O)c1nccs1. The summed E-state index contributed by atoms with van der Waals surface area (Å²) in [7, 11) is -3.89. The number of aromatic nitrogens is 1. The van der Waals surface area contributed by atoms with Crippen molar-refractivity contribution in [1.29, 1.82) is 0 Å². The Hall–Kier alpha value is -4.14. The number of nitrogens with one attached hydrogen (secondary N) is 2. The van der Waals surface area contributed by atoms with Crippen LogP contribution in [0.3, 0.4) is 0 Å². The van der Waals surface area contributed by atoms with Crippen LogP contribution in [0.15, 0.2) is 71.2 Å². The number of rotatable bonds is 13. The van der Waals surface area contributed by atoms with Crippen molar-refractivity contribution in [1.82, 2.24) is 19.9 Å². The number of amides is 2. The molecule has 2 amide bonds. The molecule has 0 bridgehead atoms. The molecule has 3 aromatic rings. The van der Waals surface area contributed by atoms with Crippen LogP contribution >= 0.6 is 11.3 Å². The third-order valence-electron chi connectivity index (χ3n) is 6.61. The highest BCUT2D eigenvalue weighted by molar-refractivity contribution is 7.88. The molecule has 0 saturated carbocycles. The molecule has 222 valence electrons. The quantitative estimate of drug-likeness (QED) is 0.0950. The number of sulfonamides is 1. The number of hydrogen-bond acceptors (Lipinski definition) is 8. The number of carbonyl (C=O) groups is 3. The third kappa shape index (κ3) is 8.68. The first-order chi connectivity index (χ1) is 20.1. The Morgan fingerprint density at radius 1 is 1.10 bits per heavy atom. The predicted octanol–water partition coefficient (Wildman–Crippen LogP) is 0.937. The van der Waals surface area contributed by atoms with Crippen LogP contribution in [0.2, 0.25) is 0 Å². The fourth-order valence-electron chi connectivity index (χ4n) is 4.68. The molecule has 4 rings (SSSR count). The Kier molecular flexibility index (Phi) is 10.4. The Morgan fingerprint density at radius 2 is 1.81 bits per heavy atom. The molecular formula is C28H33N7O5S2. The van der Waals surface area contributed by atoms with E-state index in [0.29, 0.717) is 12.0 Å². The molecule has 6 N–H and O–H groups in total. The van der Waals surface area contributed by atoms with Gasteiger partial charge in [0, 0.05) is 24.7 Å². The van der Waals surface area contributed by atoms with E-state index in [-0.39, 0.29) is 55.0 Å². The number of benzene rings is 2. The van der Waals surface area contributed by atoms with Gasteiger partial charge in [-0.25, -0.2) is 18.1 Å². The molecule has 1 aromatic heterocycles. The van der Waals surface area contributed by atoms with E-state index in [2.05, 4.69) is 20.0 Å². The number of guanidine groups is 1. The van der Waals surface area contributed by atoms with Crippen molar-refractivity contribution < 1.29 is 22.8 Å². The summed E-state index contributed by atoms with van der Waals surface area (Å²) in [5.41, 5.74) is 12.9. The average Bonchev–Trinajstić information content (AvgIpc) is 3.45. The first-order valence-corrected chi connectivity index (χ1v) is 15.8. The molecular weight excluding hydrogens is 578 g/mol. The number of ketones is 1. The summed E-state index contributed by atoms with van der Waals surface area (Å²) in [6.07, 6.45) is 2.31. The van der Waals surface area contributed by atoms with Gasteiger partial charge in [0.2, 0.25) is 27.6 Å². The zero-order valence-electron chi connectivity index (χ0n) is 22.8. The molecule has 1 aliphatic rings. The Balaban J connectivity index is 1.50. The lowest BCUT2D eigenvalue weighted by Crippen LogP contribution is -2.52. The molecule has 0 aliphatic carbocycles. The van der Waals surface area contributed by atoms with E-state index in [1.165, 1.54) is 11.1 Å². The fourth-order valence-corrected chi connectivity index (χ4v) is 6.64. The van der Waals surface area contributed by atoms with E-state index < -0.39 is 33.9 Å². The normalized spacial score (nSPS) is 15.8. The van der Waals surface area contributed by atoms with Crippen molar-refractivity contribution in [3.63, 3.8) is 0 Å². The van der Waals surface area contributed by atoms with E-state index in [1.807, 2.05) is 24.3 Å². The average molecular weight is 612 g/mol. The van der Waals surface area contributed by atoms with Crippen molar-refractivity contribution >= 4 is 44.9 Å². The zero-order valence-corrected chi connectivity index (χ0v) is 24.4. The van der Waals surface area contributed by atoms with Crippen LogP contribution in [-0.4, -0.2) is 67.0 Å². The number of nitrogens with two attached hydrogens (primary N) is 2. The van der Waals surface area contributed by atoms with Crippen molar-refractivity contribution in [3.8, 4) is 0 Å². The van der Waals surface area contributed by atoms with Crippen LogP contribution in [0, 0.1) is 0 Å². The lowest BCUT2D eigenvalue weighted by molar-refractivity contribution is -0.137. The van der Waals surface area contributed by atoms with Gasteiger partial charge in [0.15, 0.2) is 11.0 Å². The summed E-state index contributed by atoms with van der Waals surface area (Å²) >= 11 is 1.16. The minimum absolute atomic E-state index is 0.0734. The van der Waals surface area contributed by atoms with Crippen LogP contribution in [0.5, 0.6) is 0 Å². The van der Waals surface area contributed by atoms with Crippen LogP contribution in [0.4, 0.5) is 0 Å². The van der Waals surface area contributed by atoms with Crippen LogP contribution in [-0.2, 0) is 38.3 Å². The van der Waals surface area contributed by atoms with Crippen LogP contribution < -0.4 is 21.5 Å². The van der Waals surface area contributed by atoms with E-state index in [0.717, 1.165) is 22.5 Å². The van der Waals surface area contributed by atoms with E-state index >= 15 is 0 Å². The summed E-state index contributed by atoms with van der Waals surface area (Å²) < 4.78 is 28.6.